The van der Waals surface area contributed by atoms with Crippen LogP contribution in [0.1, 0.15) is 56.7 Å². The summed E-state index contributed by atoms with van der Waals surface area (Å²) in [5.41, 5.74) is 2.67. The molecule has 1 heterocycles. The Morgan fingerprint density at radius 2 is 2.06 bits per heavy atom. The summed E-state index contributed by atoms with van der Waals surface area (Å²) in [6.45, 7) is 0. The average Bonchev–Trinajstić information content (AvgIpc) is 3.01. The van der Waals surface area contributed by atoms with Crippen LogP contribution in [0.25, 0.3) is 0 Å². The number of aromatic nitrogens is 2. The van der Waals surface area contributed by atoms with Crippen LogP contribution in [0.5, 0.6) is 0 Å². The van der Waals surface area contributed by atoms with Gasteiger partial charge in [0.25, 0.3) is 0 Å². The summed E-state index contributed by atoms with van der Waals surface area (Å²) in [5.74, 6) is 0. The smallest absolute Gasteiger partial charge is 0.0665 e. The van der Waals surface area contributed by atoms with Gasteiger partial charge < -0.3 is 0 Å². The lowest BCUT2D eigenvalue weighted by molar-refractivity contribution is 0.328. The highest BCUT2D eigenvalue weighted by Crippen LogP contribution is 2.28. The Kier molecular flexibility index (Phi) is 3.74. The molecule has 0 saturated heterocycles. The van der Waals surface area contributed by atoms with Gasteiger partial charge in [0, 0.05) is 12.6 Å². The third kappa shape index (κ3) is 2.80. The first-order valence-electron chi connectivity index (χ1n) is 7.19. The highest BCUT2D eigenvalue weighted by Gasteiger charge is 2.17. The fourth-order valence-electron chi connectivity index (χ4n) is 3.15. The Morgan fingerprint density at radius 1 is 1.22 bits per heavy atom. The van der Waals surface area contributed by atoms with Gasteiger partial charge in [0.15, 0.2) is 0 Å². The Bertz CT molecular complexity index is 429. The molecule has 1 fully saturated rings. The van der Waals surface area contributed by atoms with Crippen molar-refractivity contribution in [2.45, 2.75) is 62.8 Å². The van der Waals surface area contributed by atoms with E-state index < -0.39 is 0 Å². The van der Waals surface area contributed by atoms with Crippen LogP contribution in [-0.2, 0) is 6.42 Å². The molecule has 0 aromatic carbocycles. The number of allylic oxidation sites excluding steroid dienone is 2. The lowest BCUT2D eigenvalue weighted by atomic mass is 9.96. The van der Waals surface area contributed by atoms with Gasteiger partial charge in [-0.15, -0.1) is 11.6 Å². The van der Waals surface area contributed by atoms with Crippen LogP contribution in [0.2, 0.25) is 0 Å². The number of rotatable bonds is 3. The molecular formula is C15H21ClN2. The third-order valence-corrected chi connectivity index (χ3v) is 4.52. The molecule has 0 amide bonds. The standard InChI is InChI=1S/C15H21ClN2/c16-13-7-6-12(10-13)11-14-8-9-18(17-14)15-4-2-1-3-5-15/h8-10,13,15H,1-7,11H2. The van der Waals surface area contributed by atoms with Gasteiger partial charge in [0.1, 0.15) is 0 Å². The quantitative estimate of drug-likeness (QED) is 0.589. The van der Waals surface area contributed by atoms with Gasteiger partial charge in [0.05, 0.1) is 17.1 Å². The number of hydrogen-bond acceptors (Lipinski definition) is 1. The maximum atomic E-state index is 6.10. The van der Waals surface area contributed by atoms with Crippen LogP contribution >= 0.6 is 11.6 Å². The molecule has 98 valence electrons. The van der Waals surface area contributed by atoms with Gasteiger partial charge >= 0.3 is 0 Å². The molecule has 18 heavy (non-hydrogen) atoms. The first-order chi connectivity index (χ1) is 8.81. The fourth-order valence-corrected chi connectivity index (χ4v) is 3.43. The average molecular weight is 265 g/mol. The van der Waals surface area contributed by atoms with E-state index in [0.29, 0.717) is 6.04 Å². The van der Waals surface area contributed by atoms with Gasteiger partial charge in [-0.1, -0.05) is 30.9 Å². The summed E-state index contributed by atoms with van der Waals surface area (Å²) < 4.78 is 2.20. The molecule has 3 rings (SSSR count). The predicted molar refractivity (Wildman–Crippen MR) is 75.0 cm³/mol. The summed E-state index contributed by atoms with van der Waals surface area (Å²) in [6.07, 6.45) is 14.3. The van der Waals surface area contributed by atoms with E-state index in [2.05, 4.69) is 23.0 Å². The van der Waals surface area contributed by atoms with Crippen LogP contribution in [0.4, 0.5) is 0 Å². The zero-order valence-electron chi connectivity index (χ0n) is 10.8. The first-order valence-corrected chi connectivity index (χ1v) is 7.62. The largest absolute Gasteiger partial charge is 0.269 e. The third-order valence-electron chi connectivity index (χ3n) is 4.18. The van der Waals surface area contributed by atoms with Crippen molar-refractivity contribution in [3.63, 3.8) is 0 Å². The SMILES string of the molecule is ClC1C=C(Cc2ccn(C3CCCCC3)n2)CC1. The second-order valence-corrected chi connectivity index (χ2v) is 6.20. The van der Waals surface area contributed by atoms with E-state index in [0.717, 1.165) is 19.3 Å². The van der Waals surface area contributed by atoms with Crippen LogP contribution in [-0.4, -0.2) is 15.2 Å². The fraction of sp³-hybridized carbons (Fsp3) is 0.667. The molecule has 1 aromatic heterocycles. The van der Waals surface area contributed by atoms with E-state index in [-0.39, 0.29) is 5.38 Å². The van der Waals surface area contributed by atoms with E-state index in [1.165, 1.54) is 43.4 Å². The maximum Gasteiger partial charge on any atom is 0.0665 e. The lowest BCUT2D eigenvalue weighted by Crippen LogP contribution is -2.13. The molecular weight excluding hydrogens is 244 g/mol. The molecule has 2 nitrogen and oxygen atoms in total. The molecule has 0 radical (unpaired) electrons. The minimum atomic E-state index is 0.250. The van der Waals surface area contributed by atoms with Crippen LogP contribution in [0.3, 0.4) is 0 Å². The molecule has 0 spiro atoms. The Balaban J connectivity index is 1.64. The number of alkyl halides is 1. The van der Waals surface area contributed by atoms with Gasteiger partial charge in [-0.25, -0.2) is 0 Å². The van der Waals surface area contributed by atoms with Crippen molar-refractivity contribution in [1.29, 1.82) is 0 Å². The summed E-state index contributed by atoms with van der Waals surface area (Å²) in [7, 11) is 0. The highest BCUT2D eigenvalue weighted by molar-refractivity contribution is 6.22. The molecule has 3 heteroatoms. The van der Waals surface area contributed by atoms with Gasteiger partial charge in [-0.3, -0.25) is 4.68 Å². The van der Waals surface area contributed by atoms with Crippen LogP contribution < -0.4 is 0 Å². The molecule has 0 bridgehead atoms. The second kappa shape index (κ2) is 5.48. The minimum Gasteiger partial charge on any atom is -0.269 e. The summed E-state index contributed by atoms with van der Waals surface area (Å²) >= 11 is 6.10. The van der Waals surface area contributed by atoms with Crippen molar-refractivity contribution in [2.75, 3.05) is 0 Å². The molecule has 1 saturated carbocycles. The second-order valence-electron chi connectivity index (χ2n) is 5.64. The molecule has 2 aliphatic carbocycles. The lowest BCUT2D eigenvalue weighted by Gasteiger charge is -2.21. The monoisotopic (exact) mass is 264 g/mol. The van der Waals surface area contributed by atoms with E-state index in [1.807, 2.05) is 0 Å². The van der Waals surface area contributed by atoms with Crippen molar-refractivity contribution in [3.05, 3.63) is 29.6 Å². The van der Waals surface area contributed by atoms with E-state index in [1.54, 1.807) is 0 Å². The van der Waals surface area contributed by atoms with Crippen molar-refractivity contribution in [3.8, 4) is 0 Å². The Morgan fingerprint density at radius 3 is 2.78 bits per heavy atom. The summed E-state index contributed by atoms with van der Waals surface area (Å²) in [4.78, 5) is 0. The zero-order chi connectivity index (χ0) is 12.4. The molecule has 1 unspecified atom stereocenters. The van der Waals surface area contributed by atoms with Crippen molar-refractivity contribution in [1.82, 2.24) is 9.78 Å². The first kappa shape index (κ1) is 12.3. The van der Waals surface area contributed by atoms with Crippen LogP contribution in [0.15, 0.2) is 23.9 Å². The number of nitrogens with zero attached hydrogens (tertiary/aromatic N) is 2. The Labute approximate surface area is 114 Å². The molecule has 0 N–H and O–H groups in total. The Hall–Kier alpha value is -0.760. The van der Waals surface area contributed by atoms with E-state index in [4.69, 9.17) is 16.7 Å². The van der Waals surface area contributed by atoms with Gasteiger partial charge in [-0.05, 0) is 31.7 Å². The van der Waals surface area contributed by atoms with Gasteiger partial charge in [-0.2, -0.15) is 5.10 Å². The molecule has 1 aromatic rings. The molecule has 2 aliphatic rings. The number of hydrogen-bond donors (Lipinski definition) is 0. The normalized spacial score (nSPS) is 25.4. The summed E-state index contributed by atoms with van der Waals surface area (Å²) in [5, 5.41) is 5.01. The topological polar surface area (TPSA) is 17.8 Å². The van der Waals surface area contributed by atoms with E-state index in [9.17, 15) is 0 Å². The predicted octanol–water partition coefficient (Wildman–Crippen LogP) is 4.26. The molecule has 0 aliphatic heterocycles. The zero-order valence-corrected chi connectivity index (χ0v) is 11.6. The van der Waals surface area contributed by atoms with Crippen LogP contribution in [0, 0.1) is 0 Å². The van der Waals surface area contributed by atoms with Crippen molar-refractivity contribution in [2.24, 2.45) is 0 Å². The number of halogens is 1. The highest BCUT2D eigenvalue weighted by atomic mass is 35.5. The van der Waals surface area contributed by atoms with E-state index >= 15 is 0 Å². The summed E-state index contributed by atoms with van der Waals surface area (Å²) in [6, 6.07) is 2.82. The molecule has 1 atom stereocenters. The maximum absolute atomic E-state index is 6.10. The van der Waals surface area contributed by atoms with Crippen molar-refractivity contribution < 1.29 is 0 Å². The van der Waals surface area contributed by atoms with Crippen molar-refractivity contribution >= 4 is 11.6 Å². The minimum absolute atomic E-state index is 0.250. The van der Waals surface area contributed by atoms with Gasteiger partial charge in [0.2, 0.25) is 0 Å².